The van der Waals surface area contributed by atoms with E-state index in [1.54, 1.807) is 42.1 Å². The number of halogens is 1. The molecule has 1 saturated heterocycles. The SMILES string of the molecule is Cc1c(-c2nc(-c3ccccc3Cl)no2)oc2ccc(S(=O)(=O)N3CCSCC3)cc12. The van der Waals surface area contributed by atoms with E-state index in [2.05, 4.69) is 10.1 Å². The van der Waals surface area contributed by atoms with Crippen LogP contribution in [0.2, 0.25) is 5.02 Å². The van der Waals surface area contributed by atoms with E-state index in [4.69, 9.17) is 20.5 Å². The van der Waals surface area contributed by atoms with Crippen LogP contribution in [-0.2, 0) is 10.0 Å². The predicted molar refractivity (Wildman–Crippen MR) is 121 cm³/mol. The lowest BCUT2D eigenvalue weighted by Crippen LogP contribution is -2.37. The number of hydrogen-bond donors (Lipinski definition) is 0. The van der Waals surface area contributed by atoms with E-state index in [1.807, 2.05) is 19.1 Å². The summed E-state index contributed by atoms with van der Waals surface area (Å²) in [6.07, 6.45) is 0. The number of rotatable bonds is 4. The number of benzene rings is 2. The van der Waals surface area contributed by atoms with Gasteiger partial charge >= 0.3 is 0 Å². The lowest BCUT2D eigenvalue weighted by Gasteiger charge is -2.25. The first kappa shape index (κ1) is 20.6. The Labute approximate surface area is 188 Å². The first-order chi connectivity index (χ1) is 14.9. The van der Waals surface area contributed by atoms with Crippen molar-refractivity contribution in [1.82, 2.24) is 14.4 Å². The summed E-state index contributed by atoms with van der Waals surface area (Å²) in [6.45, 7) is 2.88. The summed E-state index contributed by atoms with van der Waals surface area (Å²) in [7, 11) is -3.55. The van der Waals surface area contributed by atoms with Crippen LogP contribution in [0.3, 0.4) is 0 Å². The minimum absolute atomic E-state index is 0.209. The smallest absolute Gasteiger partial charge is 0.294 e. The molecule has 2 aromatic heterocycles. The molecule has 2 aromatic carbocycles. The second-order valence-electron chi connectivity index (χ2n) is 7.13. The Morgan fingerprint density at radius 3 is 2.68 bits per heavy atom. The fraction of sp³-hybridized carbons (Fsp3) is 0.238. The monoisotopic (exact) mass is 475 g/mol. The lowest BCUT2D eigenvalue weighted by atomic mass is 10.1. The van der Waals surface area contributed by atoms with Crippen LogP contribution in [0.4, 0.5) is 0 Å². The van der Waals surface area contributed by atoms with Gasteiger partial charge in [-0.05, 0) is 37.3 Å². The number of furan rings is 1. The third-order valence-electron chi connectivity index (χ3n) is 5.25. The van der Waals surface area contributed by atoms with Crippen molar-refractivity contribution in [3.63, 3.8) is 0 Å². The molecule has 7 nitrogen and oxygen atoms in total. The molecule has 0 bridgehead atoms. The third kappa shape index (κ3) is 3.65. The molecule has 10 heteroatoms. The maximum atomic E-state index is 13.0. The quantitative estimate of drug-likeness (QED) is 0.416. The highest BCUT2D eigenvalue weighted by atomic mass is 35.5. The van der Waals surface area contributed by atoms with Crippen LogP contribution in [-0.4, -0.2) is 47.5 Å². The van der Waals surface area contributed by atoms with Crippen molar-refractivity contribution in [3.05, 3.63) is 53.1 Å². The molecule has 1 aliphatic heterocycles. The summed E-state index contributed by atoms with van der Waals surface area (Å²) >= 11 is 7.99. The Hall–Kier alpha value is -2.33. The van der Waals surface area contributed by atoms with Crippen LogP contribution in [0.25, 0.3) is 34.0 Å². The molecule has 0 spiro atoms. The molecule has 5 rings (SSSR count). The number of sulfonamides is 1. The predicted octanol–water partition coefficient (Wildman–Crippen LogP) is 4.85. The fourth-order valence-electron chi connectivity index (χ4n) is 3.57. The van der Waals surface area contributed by atoms with Gasteiger partial charge in [-0.25, -0.2) is 8.42 Å². The fourth-order valence-corrected chi connectivity index (χ4v) is 6.39. The Kier molecular flexibility index (Phi) is 5.29. The standard InChI is InChI=1S/C21H18ClN3O4S2/c1-13-16-12-14(31(26,27)25-8-10-30-11-9-25)6-7-18(16)28-19(13)21-23-20(24-29-21)15-4-2-3-5-17(15)22/h2-7,12H,8-11H2,1H3. The summed E-state index contributed by atoms with van der Waals surface area (Å²) in [4.78, 5) is 4.68. The van der Waals surface area contributed by atoms with Crippen molar-refractivity contribution in [1.29, 1.82) is 0 Å². The van der Waals surface area contributed by atoms with E-state index >= 15 is 0 Å². The Balaban J connectivity index is 1.53. The summed E-state index contributed by atoms with van der Waals surface area (Å²) in [5.41, 5.74) is 1.94. The maximum Gasteiger partial charge on any atom is 0.294 e. The van der Waals surface area contributed by atoms with E-state index in [0.29, 0.717) is 46.2 Å². The van der Waals surface area contributed by atoms with E-state index in [9.17, 15) is 8.42 Å². The highest BCUT2D eigenvalue weighted by Gasteiger charge is 2.27. The van der Waals surface area contributed by atoms with E-state index in [-0.39, 0.29) is 10.8 Å². The van der Waals surface area contributed by atoms with Crippen molar-refractivity contribution in [3.8, 4) is 23.0 Å². The van der Waals surface area contributed by atoms with Crippen LogP contribution in [0.15, 0.2) is 56.3 Å². The topological polar surface area (TPSA) is 89.4 Å². The number of fused-ring (bicyclic) bond motifs is 1. The zero-order valence-electron chi connectivity index (χ0n) is 16.5. The molecule has 1 fully saturated rings. The molecule has 3 heterocycles. The Morgan fingerprint density at radius 1 is 1.13 bits per heavy atom. The normalized spacial score (nSPS) is 15.5. The summed E-state index contributed by atoms with van der Waals surface area (Å²) in [5.74, 6) is 2.58. The summed E-state index contributed by atoms with van der Waals surface area (Å²) in [6, 6.07) is 12.1. The average Bonchev–Trinajstić information content (AvgIpc) is 3.39. The first-order valence-corrected chi connectivity index (χ1v) is 12.6. The number of hydrogen-bond acceptors (Lipinski definition) is 7. The van der Waals surface area contributed by atoms with Gasteiger partial charge < -0.3 is 8.94 Å². The lowest BCUT2D eigenvalue weighted by molar-refractivity contribution is 0.419. The highest BCUT2D eigenvalue weighted by Crippen LogP contribution is 2.35. The van der Waals surface area contributed by atoms with Crippen LogP contribution < -0.4 is 0 Å². The molecule has 1 aliphatic rings. The molecular formula is C21H18ClN3O4S2. The number of thioether (sulfide) groups is 1. The first-order valence-electron chi connectivity index (χ1n) is 9.65. The molecule has 0 unspecified atom stereocenters. The van der Waals surface area contributed by atoms with Gasteiger partial charge in [-0.2, -0.15) is 21.1 Å². The molecule has 0 N–H and O–H groups in total. The van der Waals surface area contributed by atoms with Crippen LogP contribution in [0, 0.1) is 6.92 Å². The van der Waals surface area contributed by atoms with Gasteiger partial charge in [-0.3, -0.25) is 0 Å². The molecule has 160 valence electrons. The van der Waals surface area contributed by atoms with E-state index in [1.165, 1.54) is 4.31 Å². The molecule has 0 amide bonds. The molecular weight excluding hydrogens is 458 g/mol. The minimum atomic E-state index is -3.55. The van der Waals surface area contributed by atoms with Crippen molar-refractivity contribution >= 4 is 44.4 Å². The largest absolute Gasteiger partial charge is 0.451 e. The Bertz CT molecular complexity index is 1370. The average molecular weight is 476 g/mol. The third-order valence-corrected chi connectivity index (χ3v) is 8.42. The van der Waals surface area contributed by atoms with Gasteiger partial charge in [-0.15, -0.1) is 0 Å². The zero-order chi connectivity index (χ0) is 21.6. The highest BCUT2D eigenvalue weighted by molar-refractivity contribution is 7.99. The van der Waals surface area contributed by atoms with Gasteiger partial charge in [0.1, 0.15) is 5.58 Å². The number of nitrogens with zero attached hydrogens (tertiary/aromatic N) is 3. The zero-order valence-corrected chi connectivity index (χ0v) is 18.9. The van der Waals surface area contributed by atoms with Gasteiger partial charge in [0.2, 0.25) is 15.8 Å². The van der Waals surface area contributed by atoms with Crippen LogP contribution in [0.1, 0.15) is 5.56 Å². The van der Waals surface area contributed by atoms with Crippen molar-refractivity contribution < 1.29 is 17.4 Å². The summed E-state index contributed by atoms with van der Waals surface area (Å²) < 4.78 is 39.0. The summed E-state index contributed by atoms with van der Waals surface area (Å²) in [5, 5.41) is 5.23. The molecule has 0 aliphatic carbocycles. The van der Waals surface area contributed by atoms with E-state index < -0.39 is 10.0 Å². The number of aryl methyl sites for hydroxylation is 1. The van der Waals surface area contributed by atoms with Crippen LogP contribution >= 0.6 is 23.4 Å². The van der Waals surface area contributed by atoms with Gasteiger partial charge in [0, 0.05) is 41.1 Å². The van der Waals surface area contributed by atoms with Gasteiger partial charge in [0.25, 0.3) is 5.89 Å². The van der Waals surface area contributed by atoms with E-state index in [0.717, 1.165) is 17.1 Å². The second kappa shape index (κ2) is 7.98. The minimum Gasteiger partial charge on any atom is -0.451 e. The Morgan fingerprint density at radius 2 is 1.90 bits per heavy atom. The van der Waals surface area contributed by atoms with Crippen LogP contribution in [0.5, 0.6) is 0 Å². The molecule has 0 radical (unpaired) electrons. The van der Waals surface area contributed by atoms with Gasteiger partial charge in [0.15, 0.2) is 5.76 Å². The van der Waals surface area contributed by atoms with Crippen molar-refractivity contribution in [2.24, 2.45) is 0 Å². The van der Waals surface area contributed by atoms with Crippen molar-refractivity contribution in [2.45, 2.75) is 11.8 Å². The number of aromatic nitrogens is 2. The molecule has 4 aromatic rings. The second-order valence-corrected chi connectivity index (χ2v) is 10.7. The van der Waals surface area contributed by atoms with Gasteiger partial charge in [0.05, 0.1) is 9.92 Å². The molecule has 31 heavy (non-hydrogen) atoms. The molecule has 0 saturated carbocycles. The maximum absolute atomic E-state index is 13.0. The molecule has 0 atom stereocenters. The van der Waals surface area contributed by atoms with Gasteiger partial charge in [-0.1, -0.05) is 28.9 Å². The van der Waals surface area contributed by atoms with Crippen molar-refractivity contribution in [2.75, 3.05) is 24.6 Å².